The summed E-state index contributed by atoms with van der Waals surface area (Å²) in [6.07, 6.45) is 2.62. The predicted molar refractivity (Wildman–Crippen MR) is 58.8 cm³/mol. The minimum absolute atomic E-state index is 0.236. The molecule has 0 radical (unpaired) electrons. The topological polar surface area (TPSA) is 80.3 Å². The molecule has 1 rings (SSSR count). The Kier molecular flexibility index (Phi) is 3.35. The van der Waals surface area contributed by atoms with Crippen LogP contribution in [0.25, 0.3) is 0 Å². The van der Waals surface area contributed by atoms with Crippen LogP contribution in [0.1, 0.15) is 0 Å². The Morgan fingerprint density at radius 3 is 2.60 bits per heavy atom. The third kappa shape index (κ3) is 3.28. The number of rotatable bonds is 4. The second-order valence-electron chi connectivity index (χ2n) is 2.91. The van der Waals surface area contributed by atoms with E-state index >= 15 is 0 Å². The van der Waals surface area contributed by atoms with Gasteiger partial charge in [0, 0.05) is 7.05 Å². The lowest BCUT2D eigenvalue weighted by molar-refractivity contribution is 0.400. The molecule has 84 valence electrons. The molecule has 0 aliphatic heterocycles. The third-order valence-electron chi connectivity index (χ3n) is 1.63. The lowest BCUT2D eigenvalue weighted by atomic mass is 10.3. The first-order valence-corrected chi connectivity index (χ1v) is 6.05. The molecule has 1 aromatic rings. The van der Waals surface area contributed by atoms with E-state index in [0.717, 1.165) is 6.26 Å². The van der Waals surface area contributed by atoms with Gasteiger partial charge >= 0.3 is 0 Å². The van der Waals surface area contributed by atoms with Gasteiger partial charge in [-0.1, -0.05) is 0 Å². The van der Waals surface area contributed by atoms with Crippen molar-refractivity contribution in [3.8, 4) is 5.88 Å². The molecule has 0 spiro atoms. The van der Waals surface area contributed by atoms with Crippen molar-refractivity contribution in [3.63, 3.8) is 0 Å². The summed E-state index contributed by atoms with van der Waals surface area (Å²) < 4.78 is 29.4. The summed E-state index contributed by atoms with van der Waals surface area (Å²) in [6, 6.07) is 1.60. The van der Waals surface area contributed by atoms with Gasteiger partial charge in [-0.15, -0.1) is 0 Å². The number of anilines is 2. The quantitative estimate of drug-likeness (QED) is 0.789. The first-order valence-electron chi connectivity index (χ1n) is 4.16. The maximum Gasteiger partial charge on any atom is 0.238 e. The fourth-order valence-corrected chi connectivity index (χ4v) is 1.57. The molecule has 0 amide bonds. The number of aromatic nitrogens is 1. The van der Waals surface area contributed by atoms with E-state index in [4.69, 9.17) is 4.74 Å². The van der Waals surface area contributed by atoms with Crippen molar-refractivity contribution < 1.29 is 13.2 Å². The number of nitrogens with one attached hydrogen (secondary N) is 2. The molecule has 0 saturated heterocycles. The van der Waals surface area contributed by atoms with Crippen molar-refractivity contribution in [2.75, 3.05) is 30.5 Å². The molecule has 2 N–H and O–H groups in total. The largest absolute Gasteiger partial charge is 0.479 e. The summed E-state index contributed by atoms with van der Waals surface area (Å²) in [7, 11) is -0.191. The Labute approximate surface area is 88.7 Å². The van der Waals surface area contributed by atoms with Crippen LogP contribution in [-0.4, -0.2) is 33.8 Å². The normalized spacial score (nSPS) is 10.9. The number of hydrogen-bond donors (Lipinski definition) is 2. The highest BCUT2D eigenvalue weighted by Crippen LogP contribution is 2.25. The number of hydrogen-bond acceptors (Lipinski definition) is 5. The summed E-state index contributed by atoms with van der Waals surface area (Å²) in [5.74, 6) is 0.236. The predicted octanol–water partition coefficient (Wildman–Crippen LogP) is 0.503. The van der Waals surface area contributed by atoms with Gasteiger partial charge in [-0.25, -0.2) is 13.4 Å². The third-order valence-corrected chi connectivity index (χ3v) is 2.22. The number of methoxy groups -OCH3 is 1. The second kappa shape index (κ2) is 4.35. The monoisotopic (exact) mass is 231 g/mol. The Bertz CT molecular complexity index is 444. The number of ether oxygens (including phenoxy) is 1. The maximum atomic E-state index is 11.1. The van der Waals surface area contributed by atoms with Crippen LogP contribution in [0.15, 0.2) is 12.3 Å². The number of pyridine rings is 1. The average molecular weight is 231 g/mol. The van der Waals surface area contributed by atoms with E-state index in [2.05, 4.69) is 15.0 Å². The van der Waals surface area contributed by atoms with E-state index in [-0.39, 0.29) is 5.88 Å². The summed E-state index contributed by atoms with van der Waals surface area (Å²) in [4.78, 5) is 3.94. The highest BCUT2D eigenvalue weighted by Gasteiger charge is 2.09. The fraction of sp³-hybridized carbons (Fsp3) is 0.375. The van der Waals surface area contributed by atoms with Crippen LogP contribution in [0.4, 0.5) is 11.4 Å². The molecular weight excluding hydrogens is 218 g/mol. The van der Waals surface area contributed by atoms with Crippen LogP contribution in [0.2, 0.25) is 0 Å². The highest BCUT2D eigenvalue weighted by molar-refractivity contribution is 7.92. The fourth-order valence-electron chi connectivity index (χ4n) is 1.02. The van der Waals surface area contributed by atoms with Gasteiger partial charge in [0.25, 0.3) is 0 Å². The van der Waals surface area contributed by atoms with Gasteiger partial charge in [0.1, 0.15) is 5.69 Å². The molecule has 0 fully saturated rings. The minimum atomic E-state index is -3.33. The standard InChI is InChI=1S/C8H13N3O3S/c1-9-6-4-7(11-15(3,12)13)8(14-2)10-5-6/h4-5,9,11H,1-3H3. The van der Waals surface area contributed by atoms with Gasteiger partial charge in [0.15, 0.2) is 0 Å². The van der Waals surface area contributed by atoms with Gasteiger partial charge in [-0.05, 0) is 6.07 Å². The van der Waals surface area contributed by atoms with E-state index in [1.54, 1.807) is 19.3 Å². The zero-order valence-electron chi connectivity index (χ0n) is 8.73. The summed E-state index contributed by atoms with van der Waals surface area (Å²) in [5.41, 5.74) is 1.01. The molecule has 0 unspecified atom stereocenters. The van der Waals surface area contributed by atoms with E-state index in [9.17, 15) is 8.42 Å². The molecule has 15 heavy (non-hydrogen) atoms. The molecule has 6 nitrogen and oxygen atoms in total. The SMILES string of the molecule is CNc1cnc(OC)c(NS(C)(=O)=O)c1. The molecule has 0 aromatic carbocycles. The van der Waals surface area contributed by atoms with Crippen molar-refractivity contribution in [2.24, 2.45) is 0 Å². The average Bonchev–Trinajstić information content (AvgIpc) is 2.15. The molecular formula is C8H13N3O3S. The molecule has 0 aliphatic rings. The molecule has 7 heteroatoms. The van der Waals surface area contributed by atoms with E-state index in [0.29, 0.717) is 11.4 Å². The van der Waals surface area contributed by atoms with Crippen molar-refractivity contribution in [2.45, 2.75) is 0 Å². The summed E-state index contributed by atoms with van der Waals surface area (Å²) in [6.45, 7) is 0. The molecule has 1 heterocycles. The molecule has 0 bridgehead atoms. The Morgan fingerprint density at radius 1 is 1.47 bits per heavy atom. The van der Waals surface area contributed by atoms with Crippen molar-refractivity contribution >= 4 is 21.4 Å². The van der Waals surface area contributed by atoms with Crippen LogP contribution in [0.5, 0.6) is 5.88 Å². The summed E-state index contributed by atoms with van der Waals surface area (Å²) >= 11 is 0. The van der Waals surface area contributed by atoms with Crippen LogP contribution in [0.3, 0.4) is 0 Å². The first kappa shape index (κ1) is 11.6. The zero-order valence-corrected chi connectivity index (χ0v) is 9.55. The second-order valence-corrected chi connectivity index (χ2v) is 4.65. The van der Waals surface area contributed by atoms with Crippen LogP contribution in [0, 0.1) is 0 Å². The lowest BCUT2D eigenvalue weighted by Gasteiger charge is -2.10. The zero-order chi connectivity index (χ0) is 11.5. The number of nitrogens with zero attached hydrogens (tertiary/aromatic N) is 1. The number of sulfonamides is 1. The minimum Gasteiger partial charge on any atom is -0.479 e. The van der Waals surface area contributed by atoms with Gasteiger partial charge < -0.3 is 10.1 Å². The van der Waals surface area contributed by atoms with E-state index in [1.807, 2.05) is 0 Å². The Balaban J connectivity index is 3.12. The first-order chi connectivity index (χ1) is 6.96. The van der Waals surface area contributed by atoms with Crippen LogP contribution >= 0.6 is 0 Å². The van der Waals surface area contributed by atoms with E-state index < -0.39 is 10.0 Å². The Hall–Kier alpha value is -1.50. The smallest absolute Gasteiger partial charge is 0.238 e. The summed E-state index contributed by atoms with van der Waals surface area (Å²) in [5, 5.41) is 2.85. The van der Waals surface area contributed by atoms with Crippen LogP contribution in [-0.2, 0) is 10.0 Å². The van der Waals surface area contributed by atoms with E-state index in [1.165, 1.54) is 7.11 Å². The highest BCUT2D eigenvalue weighted by atomic mass is 32.2. The molecule has 0 atom stereocenters. The van der Waals surface area contributed by atoms with Crippen molar-refractivity contribution in [3.05, 3.63) is 12.3 Å². The molecule has 0 aliphatic carbocycles. The maximum absolute atomic E-state index is 11.1. The van der Waals surface area contributed by atoms with Gasteiger partial charge in [-0.2, -0.15) is 0 Å². The van der Waals surface area contributed by atoms with Gasteiger partial charge in [0.05, 0.1) is 25.2 Å². The van der Waals surface area contributed by atoms with Crippen LogP contribution < -0.4 is 14.8 Å². The van der Waals surface area contributed by atoms with Gasteiger partial charge in [0.2, 0.25) is 15.9 Å². The molecule has 1 aromatic heterocycles. The molecule has 0 saturated carbocycles. The van der Waals surface area contributed by atoms with Crippen molar-refractivity contribution in [1.82, 2.24) is 4.98 Å². The lowest BCUT2D eigenvalue weighted by Crippen LogP contribution is -2.11. The van der Waals surface area contributed by atoms with Gasteiger partial charge in [-0.3, -0.25) is 4.72 Å². The van der Waals surface area contributed by atoms with Crippen molar-refractivity contribution in [1.29, 1.82) is 0 Å². The Morgan fingerprint density at radius 2 is 2.13 bits per heavy atom.